The third-order valence-corrected chi connectivity index (χ3v) is 3.37. The van der Waals surface area contributed by atoms with Crippen LogP contribution < -0.4 is 5.73 Å². The van der Waals surface area contributed by atoms with Crippen LogP contribution in [0.5, 0.6) is 0 Å². The highest BCUT2D eigenvalue weighted by molar-refractivity contribution is 9.10. The van der Waals surface area contributed by atoms with Gasteiger partial charge in [-0.25, -0.2) is 0 Å². The first-order chi connectivity index (χ1) is 8.22. The molecule has 0 fully saturated rings. The van der Waals surface area contributed by atoms with Crippen molar-refractivity contribution in [1.82, 2.24) is 4.98 Å². The van der Waals surface area contributed by atoms with Crippen LogP contribution in [0.3, 0.4) is 0 Å². The van der Waals surface area contributed by atoms with Crippen molar-refractivity contribution < 1.29 is 0 Å². The number of pyridine rings is 1. The minimum atomic E-state index is 0.271. The topological polar surface area (TPSA) is 38.9 Å². The molecule has 0 saturated carbocycles. The molecular weight excluding hydrogens is 276 g/mol. The van der Waals surface area contributed by atoms with Crippen LogP contribution in [0.2, 0.25) is 0 Å². The molecule has 2 nitrogen and oxygen atoms in total. The zero-order valence-corrected chi connectivity index (χ0v) is 12.2. The fourth-order valence-electron chi connectivity index (χ4n) is 1.98. The lowest BCUT2D eigenvalue weighted by atomic mass is 10.0. The molecule has 0 saturated heterocycles. The molecule has 1 aromatic heterocycles. The SMILES string of the molecule is CCCCCCCC(N)Cc1cncc(Br)c1. The molecule has 17 heavy (non-hydrogen) atoms. The minimum Gasteiger partial charge on any atom is -0.327 e. The maximum absolute atomic E-state index is 6.13. The van der Waals surface area contributed by atoms with Crippen LogP contribution in [0.25, 0.3) is 0 Å². The quantitative estimate of drug-likeness (QED) is 0.735. The molecule has 0 aromatic carbocycles. The van der Waals surface area contributed by atoms with Crippen LogP contribution >= 0.6 is 15.9 Å². The second kappa shape index (κ2) is 8.65. The molecule has 0 aliphatic rings. The molecule has 0 amide bonds. The van der Waals surface area contributed by atoms with Gasteiger partial charge in [-0.2, -0.15) is 0 Å². The first-order valence-electron chi connectivity index (χ1n) is 6.57. The number of aromatic nitrogens is 1. The molecule has 1 rings (SSSR count). The average Bonchev–Trinajstić information content (AvgIpc) is 2.29. The molecule has 1 atom stereocenters. The van der Waals surface area contributed by atoms with Gasteiger partial charge in [0.25, 0.3) is 0 Å². The number of hydrogen-bond donors (Lipinski definition) is 1. The van der Waals surface area contributed by atoms with Gasteiger partial charge in [-0.3, -0.25) is 4.98 Å². The Morgan fingerprint density at radius 3 is 2.71 bits per heavy atom. The Labute approximate surface area is 113 Å². The molecule has 3 heteroatoms. The molecule has 0 radical (unpaired) electrons. The lowest BCUT2D eigenvalue weighted by Crippen LogP contribution is -2.22. The van der Waals surface area contributed by atoms with Gasteiger partial charge >= 0.3 is 0 Å². The van der Waals surface area contributed by atoms with Crippen LogP contribution in [-0.4, -0.2) is 11.0 Å². The van der Waals surface area contributed by atoms with E-state index in [4.69, 9.17) is 5.73 Å². The molecule has 1 heterocycles. The fraction of sp³-hybridized carbons (Fsp3) is 0.643. The normalized spacial score (nSPS) is 12.6. The summed E-state index contributed by atoms with van der Waals surface area (Å²) in [5.41, 5.74) is 7.35. The molecule has 1 aromatic rings. The van der Waals surface area contributed by atoms with E-state index in [2.05, 4.69) is 33.9 Å². The van der Waals surface area contributed by atoms with E-state index in [0.717, 1.165) is 17.3 Å². The van der Waals surface area contributed by atoms with E-state index in [1.54, 1.807) is 6.20 Å². The Balaban J connectivity index is 2.18. The third kappa shape index (κ3) is 6.79. The van der Waals surface area contributed by atoms with Crippen LogP contribution in [0.15, 0.2) is 22.9 Å². The van der Waals surface area contributed by atoms with Gasteiger partial charge in [0.2, 0.25) is 0 Å². The zero-order valence-electron chi connectivity index (χ0n) is 10.7. The standard InChI is InChI=1S/C14H23BrN2/c1-2-3-4-5-6-7-14(16)9-12-8-13(15)11-17-10-12/h8,10-11,14H,2-7,9,16H2,1H3. The number of unbranched alkanes of at least 4 members (excludes halogenated alkanes) is 4. The van der Waals surface area contributed by atoms with Gasteiger partial charge in [0, 0.05) is 22.9 Å². The van der Waals surface area contributed by atoms with Crippen molar-refractivity contribution in [1.29, 1.82) is 0 Å². The van der Waals surface area contributed by atoms with Gasteiger partial charge in [0.1, 0.15) is 0 Å². The predicted molar refractivity (Wildman–Crippen MR) is 77.0 cm³/mol. The van der Waals surface area contributed by atoms with Crippen LogP contribution in [0, 0.1) is 0 Å². The summed E-state index contributed by atoms with van der Waals surface area (Å²) in [4.78, 5) is 4.16. The number of nitrogens with zero attached hydrogens (tertiary/aromatic N) is 1. The van der Waals surface area contributed by atoms with Gasteiger partial charge in [-0.05, 0) is 40.4 Å². The number of rotatable bonds is 8. The molecule has 2 N–H and O–H groups in total. The minimum absolute atomic E-state index is 0.271. The fourth-order valence-corrected chi connectivity index (χ4v) is 2.39. The van der Waals surface area contributed by atoms with E-state index in [1.807, 2.05) is 6.20 Å². The van der Waals surface area contributed by atoms with Gasteiger partial charge in [0.05, 0.1) is 0 Å². The van der Waals surface area contributed by atoms with Crippen molar-refractivity contribution in [3.05, 3.63) is 28.5 Å². The lowest BCUT2D eigenvalue weighted by Gasteiger charge is -2.11. The summed E-state index contributed by atoms with van der Waals surface area (Å²) in [5, 5.41) is 0. The highest BCUT2D eigenvalue weighted by Gasteiger charge is 2.04. The van der Waals surface area contributed by atoms with E-state index < -0.39 is 0 Å². The molecule has 0 aliphatic carbocycles. The number of nitrogens with two attached hydrogens (primary N) is 1. The molecule has 1 unspecified atom stereocenters. The summed E-state index contributed by atoms with van der Waals surface area (Å²) in [5.74, 6) is 0. The molecule has 0 bridgehead atoms. The Bertz CT molecular complexity index is 315. The summed E-state index contributed by atoms with van der Waals surface area (Å²) < 4.78 is 1.03. The van der Waals surface area contributed by atoms with Crippen molar-refractivity contribution in [2.75, 3.05) is 0 Å². The van der Waals surface area contributed by atoms with Crippen molar-refractivity contribution in [2.24, 2.45) is 5.73 Å². The first-order valence-corrected chi connectivity index (χ1v) is 7.36. The predicted octanol–water partition coefficient (Wildman–Crippen LogP) is 4.07. The molecular formula is C14H23BrN2. The second-order valence-corrected chi connectivity index (χ2v) is 5.59. The van der Waals surface area contributed by atoms with Crippen molar-refractivity contribution in [2.45, 2.75) is 57.9 Å². The van der Waals surface area contributed by atoms with Gasteiger partial charge in [-0.1, -0.05) is 39.0 Å². The Morgan fingerprint density at radius 1 is 1.24 bits per heavy atom. The van der Waals surface area contributed by atoms with E-state index in [0.29, 0.717) is 0 Å². The lowest BCUT2D eigenvalue weighted by molar-refractivity contribution is 0.538. The van der Waals surface area contributed by atoms with Crippen molar-refractivity contribution in [3.63, 3.8) is 0 Å². The Morgan fingerprint density at radius 2 is 2.00 bits per heavy atom. The molecule has 96 valence electrons. The van der Waals surface area contributed by atoms with Crippen LogP contribution in [0.4, 0.5) is 0 Å². The van der Waals surface area contributed by atoms with Crippen LogP contribution in [-0.2, 0) is 6.42 Å². The van der Waals surface area contributed by atoms with E-state index in [9.17, 15) is 0 Å². The van der Waals surface area contributed by atoms with Gasteiger partial charge in [-0.15, -0.1) is 0 Å². The highest BCUT2D eigenvalue weighted by atomic mass is 79.9. The van der Waals surface area contributed by atoms with Gasteiger partial charge in [0.15, 0.2) is 0 Å². The second-order valence-electron chi connectivity index (χ2n) is 4.68. The summed E-state index contributed by atoms with van der Waals surface area (Å²) in [6.45, 7) is 2.24. The van der Waals surface area contributed by atoms with Gasteiger partial charge < -0.3 is 5.73 Å². The van der Waals surface area contributed by atoms with E-state index in [1.165, 1.54) is 37.7 Å². The Kier molecular flexibility index (Phi) is 7.45. The zero-order chi connectivity index (χ0) is 12.5. The van der Waals surface area contributed by atoms with E-state index >= 15 is 0 Å². The highest BCUT2D eigenvalue weighted by Crippen LogP contribution is 2.13. The smallest absolute Gasteiger partial charge is 0.0410 e. The van der Waals surface area contributed by atoms with Crippen LogP contribution in [0.1, 0.15) is 51.0 Å². The maximum atomic E-state index is 6.13. The summed E-state index contributed by atoms with van der Waals surface area (Å²) in [6, 6.07) is 2.37. The maximum Gasteiger partial charge on any atom is 0.0410 e. The molecule has 0 aliphatic heterocycles. The molecule has 0 spiro atoms. The largest absolute Gasteiger partial charge is 0.327 e. The van der Waals surface area contributed by atoms with Crippen molar-refractivity contribution >= 4 is 15.9 Å². The third-order valence-electron chi connectivity index (χ3n) is 2.94. The summed E-state index contributed by atoms with van der Waals surface area (Å²) in [7, 11) is 0. The monoisotopic (exact) mass is 298 g/mol. The summed E-state index contributed by atoms with van der Waals surface area (Å²) >= 11 is 3.43. The first kappa shape index (κ1) is 14.7. The Hall–Kier alpha value is -0.410. The van der Waals surface area contributed by atoms with Crippen molar-refractivity contribution in [3.8, 4) is 0 Å². The number of halogens is 1. The summed E-state index contributed by atoms with van der Waals surface area (Å²) in [6.07, 6.45) is 12.3. The van der Waals surface area contributed by atoms with E-state index in [-0.39, 0.29) is 6.04 Å². The number of hydrogen-bond acceptors (Lipinski definition) is 2. The average molecular weight is 299 g/mol.